The van der Waals surface area contributed by atoms with Gasteiger partial charge in [0.25, 0.3) is 5.91 Å². The Kier molecular flexibility index (Phi) is 3.55. The molecule has 0 bridgehead atoms. The van der Waals surface area contributed by atoms with Gasteiger partial charge in [0.1, 0.15) is 11.4 Å². The molecule has 1 aromatic carbocycles. The monoisotopic (exact) mass is 314 g/mol. The molecule has 0 aliphatic heterocycles. The van der Waals surface area contributed by atoms with Crippen molar-refractivity contribution in [3.63, 3.8) is 0 Å². The highest BCUT2D eigenvalue weighted by atomic mass is 19.3. The zero-order valence-electron chi connectivity index (χ0n) is 11.8. The van der Waals surface area contributed by atoms with Crippen LogP contribution >= 0.6 is 0 Å². The number of carbonyl (C=O) groups excluding carboxylic acids is 1. The Morgan fingerprint density at radius 1 is 1.27 bits per heavy atom. The van der Waals surface area contributed by atoms with E-state index in [4.69, 9.17) is 0 Å². The second-order valence-electron chi connectivity index (χ2n) is 6.02. The van der Waals surface area contributed by atoms with Gasteiger partial charge in [-0.25, -0.2) is 4.39 Å². The lowest BCUT2D eigenvalue weighted by Gasteiger charge is -2.41. The number of aliphatic hydroxyl groups is 1. The van der Waals surface area contributed by atoms with E-state index in [0.29, 0.717) is 6.42 Å². The fourth-order valence-corrected chi connectivity index (χ4v) is 2.43. The van der Waals surface area contributed by atoms with Crippen molar-refractivity contribution in [3.05, 3.63) is 24.0 Å². The Morgan fingerprint density at radius 2 is 1.95 bits per heavy atom. The summed E-state index contributed by atoms with van der Waals surface area (Å²) in [5.74, 6) is -5.97. The maximum absolute atomic E-state index is 14.1. The number of anilines is 2. The molecule has 0 unspecified atom stereocenters. The predicted molar refractivity (Wildman–Crippen MR) is 75.4 cm³/mol. The summed E-state index contributed by atoms with van der Waals surface area (Å²) in [6.45, 7) is 0. The van der Waals surface area contributed by atoms with Crippen molar-refractivity contribution < 1.29 is 23.1 Å². The molecule has 1 aromatic rings. The first kappa shape index (κ1) is 15.1. The quantitative estimate of drug-likeness (QED) is 0.783. The van der Waals surface area contributed by atoms with Gasteiger partial charge < -0.3 is 15.7 Å². The summed E-state index contributed by atoms with van der Waals surface area (Å²) in [6, 6.07) is 3.65. The van der Waals surface area contributed by atoms with Crippen LogP contribution < -0.4 is 10.6 Å². The van der Waals surface area contributed by atoms with E-state index in [1.807, 2.05) is 0 Å². The number of rotatable bonds is 5. The van der Waals surface area contributed by atoms with E-state index in [9.17, 15) is 23.1 Å². The van der Waals surface area contributed by atoms with E-state index in [-0.39, 0.29) is 30.3 Å². The smallest absolute Gasteiger partial charge is 0.352 e. The van der Waals surface area contributed by atoms with Gasteiger partial charge in [-0.15, -0.1) is 0 Å². The van der Waals surface area contributed by atoms with Crippen molar-refractivity contribution in [2.45, 2.75) is 49.7 Å². The molecule has 2 aliphatic carbocycles. The molecule has 0 aromatic heterocycles. The van der Waals surface area contributed by atoms with Crippen LogP contribution in [0.5, 0.6) is 0 Å². The Hall–Kier alpha value is -1.76. The largest absolute Gasteiger partial charge is 0.383 e. The van der Waals surface area contributed by atoms with Gasteiger partial charge in [0.15, 0.2) is 0 Å². The number of alkyl halides is 2. The van der Waals surface area contributed by atoms with E-state index in [1.54, 1.807) is 0 Å². The van der Waals surface area contributed by atoms with E-state index in [1.165, 1.54) is 6.07 Å². The van der Waals surface area contributed by atoms with Crippen LogP contribution in [-0.4, -0.2) is 28.6 Å². The number of nitrogens with one attached hydrogen (secondary N) is 2. The van der Waals surface area contributed by atoms with Crippen molar-refractivity contribution >= 4 is 17.3 Å². The van der Waals surface area contributed by atoms with E-state index in [0.717, 1.165) is 25.0 Å². The average molecular weight is 314 g/mol. The molecule has 3 N–H and O–H groups in total. The summed E-state index contributed by atoms with van der Waals surface area (Å²) in [5.41, 5.74) is -1.92. The minimum Gasteiger partial charge on any atom is -0.383 e. The average Bonchev–Trinajstić information content (AvgIpc) is 3.22. The van der Waals surface area contributed by atoms with Crippen LogP contribution in [0.15, 0.2) is 18.2 Å². The van der Waals surface area contributed by atoms with Gasteiger partial charge in [-0.05, 0) is 50.3 Å². The van der Waals surface area contributed by atoms with Gasteiger partial charge in [0, 0.05) is 6.04 Å². The molecule has 2 fully saturated rings. The molecule has 7 heteroatoms. The van der Waals surface area contributed by atoms with Crippen molar-refractivity contribution in [2.75, 3.05) is 10.6 Å². The van der Waals surface area contributed by atoms with Gasteiger partial charge in [0.2, 0.25) is 0 Å². The van der Waals surface area contributed by atoms with Crippen molar-refractivity contribution in [1.82, 2.24) is 0 Å². The van der Waals surface area contributed by atoms with Crippen LogP contribution in [0.3, 0.4) is 0 Å². The van der Waals surface area contributed by atoms with Crippen LogP contribution in [0.4, 0.5) is 24.5 Å². The number of hydrogen-bond donors (Lipinski definition) is 3. The third-order valence-electron chi connectivity index (χ3n) is 4.22. The van der Waals surface area contributed by atoms with Crippen LogP contribution in [0, 0.1) is 5.82 Å². The van der Waals surface area contributed by atoms with Crippen LogP contribution in [-0.2, 0) is 4.79 Å². The highest BCUT2D eigenvalue weighted by Gasteiger charge is 2.61. The summed E-state index contributed by atoms with van der Waals surface area (Å²) >= 11 is 0. The molecule has 2 saturated carbocycles. The zero-order chi connectivity index (χ0) is 16.0. The highest BCUT2D eigenvalue weighted by molar-refractivity contribution is 5.99. The molecule has 3 rings (SSSR count). The number of halogens is 3. The van der Waals surface area contributed by atoms with Crippen molar-refractivity contribution in [3.8, 4) is 0 Å². The highest BCUT2D eigenvalue weighted by Crippen LogP contribution is 2.45. The van der Waals surface area contributed by atoms with Gasteiger partial charge >= 0.3 is 5.92 Å². The fourth-order valence-electron chi connectivity index (χ4n) is 2.43. The van der Waals surface area contributed by atoms with E-state index in [2.05, 4.69) is 10.6 Å². The minimum atomic E-state index is -3.88. The molecular formula is C15H17F3N2O2. The Bertz CT molecular complexity index is 598. The Balaban J connectivity index is 1.78. The van der Waals surface area contributed by atoms with Gasteiger partial charge in [0.05, 0.1) is 11.4 Å². The van der Waals surface area contributed by atoms with E-state index < -0.39 is 23.2 Å². The van der Waals surface area contributed by atoms with Gasteiger partial charge in [-0.2, -0.15) is 8.78 Å². The first-order valence-electron chi connectivity index (χ1n) is 7.29. The predicted octanol–water partition coefficient (Wildman–Crippen LogP) is 2.89. The lowest BCUT2D eigenvalue weighted by molar-refractivity contribution is -0.212. The van der Waals surface area contributed by atoms with Crippen LogP contribution in [0.2, 0.25) is 0 Å². The van der Waals surface area contributed by atoms with Crippen molar-refractivity contribution in [2.24, 2.45) is 0 Å². The van der Waals surface area contributed by atoms with Gasteiger partial charge in [-0.3, -0.25) is 4.79 Å². The zero-order valence-corrected chi connectivity index (χ0v) is 11.8. The van der Waals surface area contributed by atoms with Gasteiger partial charge in [-0.1, -0.05) is 0 Å². The molecule has 0 heterocycles. The summed E-state index contributed by atoms with van der Waals surface area (Å²) in [6.07, 6.45) is 2.08. The third kappa shape index (κ3) is 2.65. The lowest BCUT2D eigenvalue weighted by Crippen LogP contribution is -2.59. The number of benzene rings is 1. The van der Waals surface area contributed by atoms with Crippen molar-refractivity contribution in [1.29, 1.82) is 0 Å². The molecular weight excluding hydrogens is 297 g/mol. The minimum absolute atomic E-state index is 0.0842. The molecule has 0 radical (unpaired) electrons. The second-order valence-corrected chi connectivity index (χ2v) is 6.02. The molecule has 0 saturated heterocycles. The molecule has 22 heavy (non-hydrogen) atoms. The number of amides is 1. The topological polar surface area (TPSA) is 61.4 Å². The summed E-state index contributed by atoms with van der Waals surface area (Å²) in [4.78, 5) is 11.9. The fraction of sp³-hybridized carbons (Fsp3) is 0.533. The normalized spacial score (nSPS) is 20.2. The Morgan fingerprint density at radius 3 is 2.50 bits per heavy atom. The third-order valence-corrected chi connectivity index (χ3v) is 4.22. The molecule has 2 aliphatic rings. The standard InChI is InChI=1S/C15H17F3N2O2/c16-9-2-5-11(12(8-9)19-10-3-4-10)20-13(21)15(17,18)14(22)6-1-7-14/h2,5,8,10,19,22H,1,3-4,6-7H2,(H,20,21). The van der Waals surface area contributed by atoms with E-state index >= 15 is 0 Å². The maximum atomic E-state index is 14.1. The number of hydrogen-bond acceptors (Lipinski definition) is 3. The van der Waals surface area contributed by atoms with Crippen LogP contribution in [0.25, 0.3) is 0 Å². The molecule has 0 atom stereocenters. The summed E-state index contributed by atoms with van der Waals surface area (Å²) in [5, 5.41) is 14.9. The molecule has 1 amide bonds. The molecule has 120 valence electrons. The molecule has 4 nitrogen and oxygen atoms in total. The first-order valence-corrected chi connectivity index (χ1v) is 7.29. The SMILES string of the molecule is O=C(Nc1ccc(F)cc1NC1CC1)C(F)(F)C1(O)CCC1. The number of carbonyl (C=O) groups is 1. The first-order chi connectivity index (χ1) is 10.3. The second kappa shape index (κ2) is 5.15. The lowest BCUT2D eigenvalue weighted by atomic mass is 9.75. The summed E-state index contributed by atoms with van der Waals surface area (Å²) in [7, 11) is 0. The summed E-state index contributed by atoms with van der Waals surface area (Å²) < 4.78 is 41.4. The Labute approximate surface area is 125 Å². The van der Waals surface area contributed by atoms with Crippen LogP contribution in [0.1, 0.15) is 32.1 Å². The maximum Gasteiger partial charge on any atom is 0.352 e. The molecule has 0 spiro atoms.